The van der Waals surface area contributed by atoms with Crippen molar-refractivity contribution in [3.63, 3.8) is 0 Å². The van der Waals surface area contributed by atoms with E-state index in [9.17, 15) is 13.2 Å². The minimum Gasteiger partial charge on any atom is -0.355 e. The third-order valence-electron chi connectivity index (χ3n) is 4.86. The predicted octanol–water partition coefficient (Wildman–Crippen LogP) is 1.51. The van der Waals surface area contributed by atoms with Crippen LogP contribution in [0.25, 0.3) is 0 Å². The van der Waals surface area contributed by atoms with Crippen LogP contribution in [-0.2, 0) is 27.8 Å². The number of nitrogens with zero attached hydrogens (tertiary/aromatic N) is 1. The molecule has 1 saturated heterocycles. The van der Waals surface area contributed by atoms with Gasteiger partial charge in [0.25, 0.3) is 0 Å². The Balaban J connectivity index is 1.42. The minimum atomic E-state index is -3.67. The van der Waals surface area contributed by atoms with Gasteiger partial charge in [0, 0.05) is 19.6 Å². The Morgan fingerprint density at radius 2 is 1.78 bits per heavy atom. The average Bonchev–Trinajstić information content (AvgIpc) is 3.11. The number of carbonyl (C=O) groups excluding carboxylic acids is 1. The van der Waals surface area contributed by atoms with Gasteiger partial charge >= 0.3 is 0 Å². The van der Waals surface area contributed by atoms with Gasteiger partial charge in [-0.25, -0.2) is 13.6 Å². The number of primary sulfonamides is 1. The number of nitrogens with one attached hydrogen (secondary N) is 1. The first-order chi connectivity index (χ1) is 12.9. The number of hydrogen-bond donors (Lipinski definition) is 2. The van der Waals surface area contributed by atoms with Gasteiger partial charge in [0.2, 0.25) is 15.9 Å². The van der Waals surface area contributed by atoms with E-state index in [2.05, 4.69) is 22.3 Å². The SMILES string of the molecule is NS(=O)(=O)c1ccc(CCNC(=O)C2CCN(Cc3ccccc3)C2)cc1. The highest BCUT2D eigenvalue weighted by molar-refractivity contribution is 7.89. The van der Waals surface area contributed by atoms with E-state index in [0.29, 0.717) is 13.0 Å². The maximum absolute atomic E-state index is 12.4. The van der Waals surface area contributed by atoms with E-state index < -0.39 is 10.0 Å². The molecule has 0 spiro atoms. The standard InChI is InChI=1S/C20H25N3O3S/c21-27(25,26)19-8-6-16(7-9-19)10-12-22-20(24)18-11-13-23(15-18)14-17-4-2-1-3-5-17/h1-9,18H,10-15H2,(H,22,24)(H2,21,25,26). The maximum atomic E-state index is 12.4. The number of nitrogens with two attached hydrogens (primary N) is 1. The summed E-state index contributed by atoms with van der Waals surface area (Å²) in [7, 11) is -3.67. The molecule has 0 aromatic heterocycles. The van der Waals surface area contributed by atoms with Crippen molar-refractivity contribution in [1.29, 1.82) is 0 Å². The van der Waals surface area contributed by atoms with Crippen LogP contribution in [-0.4, -0.2) is 38.9 Å². The van der Waals surface area contributed by atoms with Crippen LogP contribution in [0, 0.1) is 5.92 Å². The smallest absolute Gasteiger partial charge is 0.238 e. The van der Waals surface area contributed by atoms with Crippen LogP contribution in [0.3, 0.4) is 0 Å². The summed E-state index contributed by atoms with van der Waals surface area (Å²) in [6, 6.07) is 16.7. The van der Waals surface area contributed by atoms with Crippen LogP contribution in [0.2, 0.25) is 0 Å². The fourth-order valence-electron chi connectivity index (χ4n) is 3.35. The first-order valence-electron chi connectivity index (χ1n) is 9.07. The number of likely N-dealkylation sites (tertiary alicyclic amines) is 1. The van der Waals surface area contributed by atoms with E-state index in [4.69, 9.17) is 5.14 Å². The molecule has 0 radical (unpaired) electrons. The number of carbonyl (C=O) groups is 1. The second-order valence-corrected chi connectivity index (χ2v) is 8.50. The summed E-state index contributed by atoms with van der Waals surface area (Å²) in [6.45, 7) is 3.12. The lowest BCUT2D eigenvalue weighted by Gasteiger charge is -2.16. The Labute approximate surface area is 160 Å². The van der Waals surface area contributed by atoms with Crippen molar-refractivity contribution in [2.24, 2.45) is 11.1 Å². The minimum absolute atomic E-state index is 0.0264. The zero-order valence-corrected chi connectivity index (χ0v) is 16.0. The van der Waals surface area contributed by atoms with E-state index >= 15 is 0 Å². The monoisotopic (exact) mass is 387 g/mol. The zero-order chi connectivity index (χ0) is 19.3. The van der Waals surface area contributed by atoms with Gasteiger partial charge < -0.3 is 5.32 Å². The van der Waals surface area contributed by atoms with Crippen LogP contribution < -0.4 is 10.5 Å². The molecule has 3 rings (SSSR count). The molecule has 0 saturated carbocycles. The van der Waals surface area contributed by atoms with Gasteiger partial charge in [0.05, 0.1) is 10.8 Å². The van der Waals surface area contributed by atoms with E-state index in [1.165, 1.54) is 17.7 Å². The summed E-state index contributed by atoms with van der Waals surface area (Å²) < 4.78 is 22.5. The normalized spacial score (nSPS) is 17.7. The van der Waals surface area contributed by atoms with Crippen LogP contribution in [0.15, 0.2) is 59.5 Å². The highest BCUT2D eigenvalue weighted by atomic mass is 32.2. The van der Waals surface area contributed by atoms with Crippen molar-refractivity contribution >= 4 is 15.9 Å². The molecule has 1 atom stereocenters. The number of hydrogen-bond acceptors (Lipinski definition) is 4. The molecule has 1 unspecified atom stereocenters. The van der Waals surface area contributed by atoms with Crippen molar-refractivity contribution in [3.8, 4) is 0 Å². The maximum Gasteiger partial charge on any atom is 0.238 e. The summed E-state index contributed by atoms with van der Waals surface area (Å²) in [6.07, 6.45) is 1.53. The van der Waals surface area contributed by atoms with Gasteiger partial charge in [-0.2, -0.15) is 0 Å². The van der Waals surface area contributed by atoms with Gasteiger partial charge in [-0.05, 0) is 42.6 Å². The van der Waals surface area contributed by atoms with Crippen LogP contribution in [0.5, 0.6) is 0 Å². The van der Waals surface area contributed by atoms with E-state index in [1.807, 2.05) is 18.2 Å². The molecule has 1 fully saturated rings. The van der Waals surface area contributed by atoms with Gasteiger partial charge in [-0.1, -0.05) is 42.5 Å². The topological polar surface area (TPSA) is 92.5 Å². The highest BCUT2D eigenvalue weighted by Crippen LogP contribution is 2.19. The quantitative estimate of drug-likeness (QED) is 0.753. The van der Waals surface area contributed by atoms with E-state index in [-0.39, 0.29) is 16.7 Å². The summed E-state index contributed by atoms with van der Waals surface area (Å²) in [5.41, 5.74) is 2.22. The van der Waals surface area contributed by atoms with Gasteiger partial charge in [-0.3, -0.25) is 9.69 Å². The molecule has 1 aliphatic heterocycles. The van der Waals surface area contributed by atoms with Crippen molar-refractivity contribution in [1.82, 2.24) is 10.2 Å². The lowest BCUT2D eigenvalue weighted by Crippen LogP contribution is -2.33. The average molecular weight is 388 g/mol. The second-order valence-electron chi connectivity index (χ2n) is 6.94. The lowest BCUT2D eigenvalue weighted by molar-refractivity contribution is -0.124. The van der Waals surface area contributed by atoms with Crippen molar-refractivity contribution in [2.75, 3.05) is 19.6 Å². The third-order valence-corrected chi connectivity index (χ3v) is 5.79. The molecular weight excluding hydrogens is 362 g/mol. The molecule has 144 valence electrons. The van der Waals surface area contributed by atoms with Crippen molar-refractivity contribution in [3.05, 3.63) is 65.7 Å². The largest absolute Gasteiger partial charge is 0.355 e. The fraction of sp³-hybridized carbons (Fsp3) is 0.350. The first kappa shape index (κ1) is 19.5. The molecule has 1 aliphatic rings. The van der Waals surface area contributed by atoms with E-state index in [1.54, 1.807) is 12.1 Å². The van der Waals surface area contributed by atoms with Crippen LogP contribution in [0.4, 0.5) is 0 Å². The lowest BCUT2D eigenvalue weighted by atomic mass is 10.1. The van der Waals surface area contributed by atoms with Crippen molar-refractivity contribution < 1.29 is 13.2 Å². The molecule has 1 amide bonds. The van der Waals surface area contributed by atoms with Gasteiger partial charge in [-0.15, -0.1) is 0 Å². The number of amides is 1. The second kappa shape index (κ2) is 8.65. The molecule has 2 aromatic rings. The van der Waals surface area contributed by atoms with Crippen LogP contribution >= 0.6 is 0 Å². The van der Waals surface area contributed by atoms with Crippen LogP contribution in [0.1, 0.15) is 17.5 Å². The Bertz CT molecular complexity index is 867. The van der Waals surface area contributed by atoms with Gasteiger partial charge in [0.1, 0.15) is 0 Å². The Morgan fingerprint density at radius 1 is 1.07 bits per heavy atom. The molecule has 3 N–H and O–H groups in total. The molecule has 1 heterocycles. The molecular formula is C20H25N3O3S. The molecule has 6 nitrogen and oxygen atoms in total. The molecule has 2 aromatic carbocycles. The Kier molecular flexibility index (Phi) is 6.26. The van der Waals surface area contributed by atoms with Crippen molar-refractivity contribution in [2.45, 2.75) is 24.3 Å². The summed E-state index contributed by atoms with van der Waals surface area (Å²) >= 11 is 0. The van der Waals surface area contributed by atoms with Gasteiger partial charge in [0.15, 0.2) is 0 Å². The first-order valence-corrected chi connectivity index (χ1v) is 10.6. The number of rotatable bonds is 7. The summed E-state index contributed by atoms with van der Waals surface area (Å²) in [5, 5.41) is 8.08. The van der Waals surface area contributed by atoms with E-state index in [0.717, 1.165) is 31.6 Å². The Hall–Kier alpha value is -2.22. The fourth-order valence-corrected chi connectivity index (χ4v) is 3.87. The summed E-state index contributed by atoms with van der Waals surface area (Å²) in [5.74, 6) is 0.116. The molecule has 0 aliphatic carbocycles. The third kappa shape index (κ3) is 5.63. The highest BCUT2D eigenvalue weighted by Gasteiger charge is 2.27. The summed E-state index contributed by atoms with van der Waals surface area (Å²) in [4.78, 5) is 14.8. The Morgan fingerprint density at radius 3 is 2.44 bits per heavy atom. The number of benzene rings is 2. The number of sulfonamides is 1. The zero-order valence-electron chi connectivity index (χ0n) is 15.2. The predicted molar refractivity (Wildman–Crippen MR) is 104 cm³/mol. The molecule has 0 bridgehead atoms. The molecule has 7 heteroatoms. The molecule has 27 heavy (non-hydrogen) atoms.